The number of unbranched alkanes of at least 4 members (excludes halogenated alkanes) is 18. The number of pyridine rings is 3. The van der Waals surface area contributed by atoms with E-state index >= 15 is 0 Å². The van der Waals surface area contributed by atoms with E-state index in [1.165, 1.54) is 152 Å². The minimum atomic E-state index is 0.992. The summed E-state index contributed by atoms with van der Waals surface area (Å²) in [6, 6.07) is 13.5. The second-order valence-electron chi connectivity index (χ2n) is 13.5. The van der Waals surface area contributed by atoms with Crippen molar-refractivity contribution in [2.24, 2.45) is 0 Å². The zero-order valence-corrected chi connectivity index (χ0v) is 29.4. The van der Waals surface area contributed by atoms with Crippen molar-refractivity contribution in [3.63, 3.8) is 0 Å². The molecule has 3 aromatic heterocycles. The molecule has 3 aromatic rings. The van der Waals surface area contributed by atoms with Gasteiger partial charge >= 0.3 is 0 Å². The largest absolute Gasteiger partial charge is 0.255 e. The quantitative estimate of drug-likeness (QED) is 0.0848. The van der Waals surface area contributed by atoms with Gasteiger partial charge in [-0.25, -0.2) is 4.98 Å². The first-order chi connectivity index (χ1) is 22.2. The molecule has 3 heterocycles. The molecular formula is C42H65N3. The van der Waals surface area contributed by atoms with Crippen molar-refractivity contribution in [3.8, 4) is 22.8 Å². The van der Waals surface area contributed by atoms with Crippen molar-refractivity contribution in [1.82, 2.24) is 15.0 Å². The van der Waals surface area contributed by atoms with Gasteiger partial charge in [0.15, 0.2) is 0 Å². The van der Waals surface area contributed by atoms with E-state index in [0.717, 1.165) is 42.0 Å². The van der Waals surface area contributed by atoms with Crippen LogP contribution in [0.5, 0.6) is 0 Å². The molecule has 0 spiro atoms. The Hall–Kier alpha value is -2.55. The van der Waals surface area contributed by atoms with Crippen LogP contribution in [-0.4, -0.2) is 15.0 Å². The summed E-state index contributed by atoms with van der Waals surface area (Å²) in [6.07, 6.45) is 35.3. The molecule has 0 amide bonds. The number of hydrogen-bond donors (Lipinski definition) is 0. The Morgan fingerprint density at radius 2 is 0.667 bits per heavy atom. The molecule has 0 N–H and O–H groups in total. The topological polar surface area (TPSA) is 38.7 Å². The summed E-state index contributed by atoms with van der Waals surface area (Å²) in [6.45, 7) is 6.87. The molecule has 0 aliphatic carbocycles. The normalized spacial score (nSPS) is 11.4. The highest BCUT2D eigenvalue weighted by molar-refractivity contribution is 5.64. The van der Waals surface area contributed by atoms with Crippen molar-refractivity contribution in [1.29, 1.82) is 0 Å². The zero-order valence-electron chi connectivity index (χ0n) is 29.4. The fourth-order valence-electron chi connectivity index (χ4n) is 6.39. The van der Waals surface area contributed by atoms with Crippen LogP contribution in [0.4, 0.5) is 0 Å². The van der Waals surface area contributed by atoms with Crippen LogP contribution in [0, 0.1) is 0 Å². The number of nitrogens with zero attached hydrogens (tertiary/aromatic N) is 3. The fraction of sp³-hybridized carbons (Fsp3) is 0.643. The van der Waals surface area contributed by atoms with E-state index < -0.39 is 0 Å². The predicted octanol–water partition coefficient (Wildman–Crippen LogP) is 13.1. The van der Waals surface area contributed by atoms with Crippen LogP contribution in [0.2, 0.25) is 0 Å². The smallest absolute Gasteiger partial charge is 0.0897 e. The maximum Gasteiger partial charge on any atom is 0.0897 e. The van der Waals surface area contributed by atoms with E-state index in [2.05, 4.69) is 57.2 Å². The van der Waals surface area contributed by atoms with Gasteiger partial charge in [-0.3, -0.25) is 9.97 Å². The second-order valence-corrected chi connectivity index (χ2v) is 13.5. The Kier molecular flexibility index (Phi) is 19.5. The van der Waals surface area contributed by atoms with Gasteiger partial charge in [0, 0.05) is 12.4 Å². The molecule has 3 heteroatoms. The molecule has 0 aliphatic heterocycles. The summed E-state index contributed by atoms with van der Waals surface area (Å²) < 4.78 is 0. The average Bonchev–Trinajstić information content (AvgIpc) is 3.07. The first-order valence-electron chi connectivity index (χ1n) is 19.1. The van der Waals surface area contributed by atoms with Gasteiger partial charge in [-0.2, -0.15) is 0 Å². The summed E-state index contributed by atoms with van der Waals surface area (Å²) in [5.41, 5.74) is 8.10. The lowest BCUT2D eigenvalue weighted by Gasteiger charge is -2.11. The summed E-state index contributed by atoms with van der Waals surface area (Å²) in [5.74, 6) is 0. The lowest BCUT2D eigenvalue weighted by atomic mass is 10.0. The van der Waals surface area contributed by atoms with Gasteiger partial charge in [0.05, 0.1) is 22.8 Å². The van der Waals surface area contributed by atoms with Gasteiger partial charge in [0.25, 0.3) is 0 Å². The number of aryl methyl sites for hydroxylation is 3. The SMILES string of the molecule is CCCCCCCCCc1ccnc(-c2cc(CCCCCCCCC)cc(-c3cc(CCCCCCCCC)ccn3)n2)c1. The van der Waals surface area contributed by atoms with Crippen molar-refractivity contribution in [2.45, 2.75) is 175 Å². The highest BCUT2D eigenvalue weighted by atomic mass is 14.8. The molecule has 0 unspecified atom stereocenters. The summed E-state index contributed by atoms with van der Waals surface area (Å²) in [4.78, 5) is 14.8. The monoisotopic (exact) mass is 612 g/mol. The highest BCUT2D eigenvalue weighted by Crippen LogP contribution is 2.26. The molecule has 0 bridgehead atoms. The first kappa shape index (κ1) is 36.9. The minimum absolute atomic E-state index is 0.992. The van der Waals surface area contributed by atoms with Gasteiger partial charge in [0.1, 0.15) is 0 Å². The predicted molar refractivity (Wildman–Crippen MR) is 196 cm³/mol. The lowest BCUT2D eigenvalue weighted by molar-refractivity contribution is 0.589. The highest BCUT2D eigenvalue weighted by Gasteiger charge is 2.11. The zero-order chi connectivity index (χ0) is 31.8. The van der Waals surface area contributed by atoms with E-state index in [-0.39, 0.29) is 0 Å². The first-order valence-corrected chi connectivity index (χ1v) is 19.1. The molecule has 0 saturated carbocycles. The summed E-state index contributed by atoms with van der Waals surface area (Å²) >= 11 is 0. The Labute approximate surface area is 277 Å². The van der Waals surface area contributed by atoms with E-state index in [4.69, 9.17) is 15.0 Å². The third-order valence-corrected chi connectivity index (χ3v) is 9.27. The van der Waals surface area contributed by atoms with Crippen molar-refractivity contribution in [2.75, 3.05) is 0 Å². The van der Waals surface area contributed by atoms with Gasteiger partial charge < -0.3 is 0 Å². The van der Waals surface area contributed by atoms with Crippen LogP contribution in [0.15, 0.2) is 48.8 Å². The molecule has 45 heavy (non-hydrogen) atoms. The standard InChI is InChI=1S/C42H65N3/c1-4-7-10-13-16-19-22-25-36-28-30-43-39(32-36)41-34-38(27-24-21-18-15-12-9-6-3)35-42(45-41)40-33-37(29-31-44-40)26-23-20-17-14-11-8-5-2/h28-35H,4-27H2,1-3H3. The van der Waals surface area contributed by atoms with Gasteiger partial charge in [-0.1, -0.05) is 136 Å². The number of hydrogen-bond acceptors (Lipinski definition) is 3. The molecular weight excluding hydrogens is 546 g/mol. The molecule has 0 radical (unpaired) electrons. The summed E-state index contributed by atoms with van der Waals surface area (Å²) in [5, 5.41) is 0. The number of rotatable bonds is 26. The van der Waals surface area contributed by atoms with Crippen molar-refractivity contribution < 1.29 is 0 Å². The van der Waals surface area contributed by atoms with Crippen LogP contribution < -0.4 is 0 Å². The van der Waals surface area contributed by atoms with Gasteiger partial charge in [-0.05, 0) is 91.6 Å². The fourth-order valence-corrected chi connectivity index (χ4v) is 6.39. The Morgan fingerprint density at radius 1 is 0.356 bits per heavy atom. The maximum atomic E-state index is 5.19. The molecule has 0 aliphatic rings. The summed E-state index contributed by atoms with van der Waals surface area (Å²) in [7, 11) is 0. The van der Waals surface area contributed by atoms with Crippen LogP contribution in [0.25, 0.3) is 22.8 Å². The average molecular weight is 612 g/mol. The minimum Gasteiger partial charge on any atom is -0.255 e. The van der Waals surface area contributed by atoms with E-state index in [0.29, 0.717) is 0 Å². The molecule has 0 atom stereocenters. The molecule has 248 valence electrons. The third kappa shape index (κ3) is 15.5. The van der Waals surface area contributed by atoms with Gasteiger partial charge in [-0.15, -0.1) is 0 Å². The Bertz CT molecular complexity index is 1090. The third-order valence-electron chi connectivity index (χ3n) is 9.27. The lowest BCUT2D eigenvalue weighted by Crippen LogP contribution is -1.98. The van der Waals surface area contributed by atoms with E-state index in [1.54, 1.807) is 0 Å². The maximum absolute atomic E-state index is 5.19. The van der Waals surface area contributed by atoms with Crippen molar-refractivity contribution >= 4 is 0 Å². The van der Waals surface area contributed by atoms with Crippen LogP contribution in [0.3, 0.4) is 0 Å². The van der Waals surface area contributed by atoms with Crippen LogP contribution >= 0.6 is 0 Å². The second kappa shape index (κ2) is 23.7. The van der Waals surface area contributed by atoms with E-state index in [9.17, 15) is 0 Å². The van der Waals surface area contributed by atoms with Crippen molar-refractivity contribution in [3.05, 3.63) is 65.5 Å². The van der Waals surface area contributed by atoms with Crippen LogP contribution in [-0.2, 0) is 19.3 Å². The molecule has 0 fully saturated rings. The Balaban J connectivity index is 1.69. The Morgan fingerprint density at radius 3 is 1.04 bits per heavy atom. The van der Waals surface area contributed by atoms with E-state index in [1.807, 2.05) is 12.4 Å². The molecule has 0 saturated heterocycles. The number of aromatic nitrogens is 3. The van der Waals surface area contributed by atoms with Crippen LogP contribution in [0.1, 0.15) is 172 Å². The molecule has 0 aromatic carbocycles. The van der Waals surface area contributed by atoms with Gasteiger partial charge in [0.2, 0.25) is 0 Å². The molecule has 3 rings (SSSR count). The molecule has 3 nitrogen and oxygen atoms in total.